The van der Waals surface area contributed by atoms with Crippen molar-refractivity contribution in [3.05, 3.63) is 23.3 Å². The second-order valence-corrected chi connectivity index (χ2v) is 5.59. The molecule has 0 aliphatic carbocycles. The summed E-state index contributed by atoms with van der Waals surface area (Å²) in [6.45, 7) is 6.11. The molecule has 0 atom stereocenters. The van der Waals surface area contributed by atoms with Crippen molar-refractivity contribution in [2.75, 3.05) is 40.4 Å². The number of hydrogen-bond acceptors (Lipinski definition) is 4. The summed E-state index contributed by atoms with van der Waals surface area (Å²) in [6.07, 6.45) is 0.940. The standard InChI is InChI=1S/C16H25N3O3/c1-12-9-14(21-2)15(22-3)10-13(12)11-18-5-4-6-19(8-7-18)16(17)20/h9-10H,4-8,11H2,1-3H3,(H2,17,20). The molecule has 0 bridgehead atoms. The predicted octanol–water partition coefficient (Wildman–Crippen LogP) is 1.60. The van der Waals surface area contributed by atoms with Gasteiger partial charge < -0.3 is 20.1 Å². The monoisotopic (exact) mass is 307 g/mol. The topological polar surface area (TPSA) is 68.0 Å². The minimum absolute atomic E-state index is 0.329. The highest BCUT2D eigenvalue weighted by atomic mass is 16.5. The fourth-order valence-electron chi connectivity index (χ4n) is 2.78. The molecule has 6 heteroatoms. The van der Waals surface area contributed by atoms with Crippen molar-refractivity contribution in [1.29, 1.82) is 0 Å². The number of primary amides is 1. The summed E-state index contributed by atoms with van der Waals surface area (Å²) in [5.74, 6) is 1.50. The Labute approximate surface area is 131 Å². The molecule has 0 saturated carbocycles. The quantitative estimate of drug-likeness (QED) is 0.917. The first-order valence-electron chi connectivity index (χ1n) is 7.53. The summed E-state index contributed by atoms with van der Waals surface area (Å²) in [7, 11) is 3.29. The van der Waals surface area contributed by atoms with Crippen molar-refractivity contribution in [1.82, 2.24) is 9.80 Å². The molecule has 1 aliphatic rings. The molecule has 2 amide bonds. The van der Waals surface area contributed by atoms with Gasteiger partial charge in [0.15, 0.2) is 11.5 Å². The molecule has 1 aromatic carbocycles. The molecule has 1 fully saturated rings. The minimum atomic E-state index is -0.329. The molecule has 2 rings (SSSR count). The number of methoxy groups -OCH3 is 2. The lowest BCUT2D eigenvalue weighted by Crippen LogP contribution is -2.38. The number of rotatable bonds is 4. The van der Waals surface area contributed by atoms with Gasteiger partial charge in [-0.3, -0.25) is 4.90 Å². The largest absolute Gasteiger partial charge is 0.493 e. The predicted molar refractivity (Wildman–Crippen MR) is 85.3 cm³/mol. The molecular formula is C16H25N3O3. The van der Waals surface area contributed by atoms with Crippen molar-refractivity contribution < 1.29 is 14.3 Å². The number of hydrogen-bond donors (Lipinski definition) is 1. The lowest BCUT2D eigenvalue weighted by molar-refractivity contribution is 0.207. The van der Waals surface area contributed by atoms with E-state index in [0.717, 1.165) is 44.1 Å². The van der Waals surface area contributed by atoms with Crippen molar-refractivity contribution >= 4 is 6.03 Å². The van der Waals surface area contributed by atoms with Gasteiger partial charge in [-0.2, -0.15) is 0 Å². The number of nitrogens with two attached hydrogens (primary N) is 1. The maximum atomic E-state index is 11.3. The Morgan fingerprint density at radius 2 is 1.82 bits per heavy atom. The molecule has 2 N–H and O–H groups in total. The Bertz CT molecular complexity index is 534. The molecule has 22 heavy (non-hydrogen) atoms. The maximum Gasteiger partial charge on any atom is 0.314 e. The van der Waals surface area contributed by atoms with E-state index in [1.165, 1.54) is 11.1 Å². The van der Waals surface area contributed by atoms with Gasteiger partial charge in [-0.15, -0.1) is 0 Å². The van der Waals surface area contributed by atoms with Crippen LogP contribution in [0.1, 0.15) is 17.5 Å². The average molecular weight is 307 g/mol. The first-order valence-corrected chi connectivity index (χ1v) is 7.53. The summed E-state index contributed by atoms with van der Waals surface area (Å²) < 4.78 is 10.7. The van der Waals surface area contributed by atoms with Crippen LogP contribution in [0.4, 0.5) is 4.79 Å². The van der Waals surface area contributed by atoms with Gasteiger partial charge in [0.05, 0.1) is 14.2 Å². The van der Waals surface area contributed by atoms with E-state index in [0.29, 0.717) is 6.54 Å². The second kappa shape index (κ2) is 7.35. The van der Waals surface area contributed by atoms with E-state index in [9.17, 15) is 4.79 Å². The zero-order chi connectivity index (χ0) is 16.1. The highest BCUT2D eigenvalue weighted by molar-refractivity contribution is 5.71. The molecule has 1 aromatic rings. The molecule has 0 unspecified atom stereocenters. The van der Waals surface area contributed by atoms with Gasteiger partial charge in [-0.1, -0.05) is 0 Å². The lowest BCUT2D eigenvalue weighted by Gasteiger charge is -2.22. The number of benzene rings is 1. The van der Waals surface area contributed by atoms with E-state index in [-0.39, 0.29) is 6.03 Å². The highest BCUT2D eigenvalue weighted by Gasteiger charge is 2.18. The van der Waals surface area contributed by atoms with Crippen molar-refractivity contribution in [2.45, 2.75) is 19.9 Å². The Morgan fingerprint density at radius 1 is 1.14 bits per heavy atom. The number of carbonyl (C=O) groups excluding carboxylic acids is 1. The van der Waals surface area contributed by atoms with Gasteiger partial charge in [-0.05, 0) is 36.6 Å². The van der Waals surface area contributed by atoms with Gasteiger partial charge in [0, 0.05) is 32.7 Å². The third-order valence-electron chi connectivity index (χ3n) is 4.14. The molecular weight excluding hydrogens is 282 g/mol. The number of ether oxygens (including phenoxy) is 2. The van der Waals surface area contributed by atoms with E-state index in [1.54, 1.807) is 19.1 Å². The average Bonchev–Trinajstić information content (AvgIpc) is 2.74. The third-order valence-corrected chi connectivity index (χ3v) is 4.14. The molecule has 0 spiro atoms. The van der Waals surface area contributed by atoms with Gasteiger partial charge in [0.1, 0.15) is 0 Å². The van der Waals surface area contributed by atoms with Crippen molar-refractivity contribution in [3.8, 4) is 11.5 Å². The summed E-state index contributed by atoms with van der Waals surface area (Å²) in [6, 6.07) is 3.70. The molecule has 122 valence electrons. The normalized spacial score (nSPS) is 16.2. The number of aryl methyl sites for hydroxylation is 1. The molecule has 1 aliphatic heterocycles. The van der Waals surface area contributed by atoms with Gasteiger partial charge in [0.2, 0.25) is 0 Å². The minimum Gasteiger partial charge on any atom is -0.493 e. The number of amides is 2. The van der Waals surface area contributed by atoms with Crippen LogP contribution < -0.4 is 15.2 Å². The van der Waals surface area contributed by atoms with E-state index in [1.807, 2.05) is 12.1 Å². The number of urea groups is 1. The number of nitrogens with zero attached hydrogens (tertiary/aromatic N) is 2. The van der Waals surface area contributed by atoms with Gasteiger partial charge >= 0.3 is 6.03 Å². The summed E-state index contributed by atoms with van der Waals surface area (Å²) in [4.78, 5) is 15.3. The Morgan fingerprint density at radius 3 is 2.45 bits per heavy atom. The summed E-state index contributed by atoms with van der Waals surface area (Å²) >= 11 is 0. The summed E-state index contributed by atoms with van der Waals surface area (Å²) in [5.41, 5.74) is 7.75. The van der Waals surface area contributed by atoms with Crippen LogP contribution in [0.15, 0.2) is 12.1 Å². The molecule has 6 nitrogen and oxygen atoms in total. The van der Waals surface area contributed by atoms with Crippen molar-refractivity contribution in [2.24, 2.45) is 5.73 Å². The fraction of sp³-hybridized carbons (Fsp3) is 0.562. The van der Waals surface area contributed by atoms with Crippen LogP contribution in [0.2, 0.25) is 0 Å². The number of carbonyl (C=O) groups is 1. The fourth-order valence-corrected chi connectivity index (χ4v) is 2.78. The molecule has 0 aromatic heterocycles. The van der Waals surface area contributed by atoms with E-state index < -0.39 is 0 Å². The van der Waals surface area contributed by atoms with Crippen LogP contribution in [0.25, 0.3) is 0 Å². The Balaban J connectivity index is 2.08. The SMILES string of the molecule is COc1cc(C)c(CN2CCCN(C(N)=O)CC2)cc1OC. The zero-order valence-electron chi connectivity index (χ0n) is 13.6. The maximum absolute atomic E-state index is 11.3. The summed E-state index contributed by atoms with van der Waals surface area (Å²) in [5, 5.41) is 0. The molecule has 1 saturated heterocycles. The van der Waals surface area contributed by atoms with Crippen molar-refractivity contribution in [3.63, 3.8) is 0 Å². The van der Waals surface area contributed by atoms with Gasteiger partial charge in [0.25, 0.3) is 0 Å². The Kier molecular flexibility index (Phi) is 5.49. The highest BCUT2D eigenvalue weighted by Crippen LogP contribution is 2.30. The molecule has 1 heterocycles. The first-order chi connectivity index (χ1) is 10.5. The van der Waals surface area contributed by atoms with Gasteiger partial charge in [-0.25, -0.2) is 4.79 Å². The van der Waals surface area contributed by atoms with E-state index in [4.69, 9.17) is 15.2 Å². The van der Waals surface area contributed by atoms with E-state index >= 15 is 0 Å². The van der Waals surface area contributed by atoms with Crippen LogP contribution in [0, 0.1) is 6.92 Å². The van der Waals surface area contributed by atoms with E-state index in [2.05, 4.69) is 11.8 Å². The zero-order valence-corrected chi connectivity index (χ0v) is 13.6. The molecule has 0 radical (unpaired) electrons. The van der Waals surface area contributed by atoms with Crippen LogP contribution in [-0.2, 0) is 6.54 Å². The van der Waals surface area contributed by atoms with Crippen LogP contribution in [-0.4, -0.2) is 56.2 Å². The van der Waals surface area contributed by atoms with Crippen LogP contribution >= 0.6 is 0 Å². The first kappa shape index (κ1) is 16.4. The Hall–Kier alpha value is -1.95. The second-order valence-electron chi connectivity index (χ2n) is 5.59. The third kappa shape index (κ3) is 3.82. The smallest absolute Gasteiger partial charge is 0.314 e. The van der Waals surface area contributed by atoms with Crippen LogP contribution in [0.3, 0.4) is 0 Å². The van der Waals surface area contributed by atoms with Crippen LogP contribution in [0.5, 0.6) is 11.5 Å². The lowest BCUT2D eigenvalue weighted by atomic mass is 10.1.